The van der Waals surface area contributed by atoms with Crippen LogP contribution >= 0.6 is 0 Å². The van der Waals surface area contributed by atoms with E-state index in [1.54, 1.807) is 27.8 Å². The van der Waals surface area contributed by atoms with Gasteiger partial charge in [-0.2, -0.15) is 0 Å². The van der Waals surface area contributed by atoms with Crippen LogP contribution in [0.3, 0.4) is 0 Å². The minimum absolute atomic E-state index is 0.0254. The molecule has 0 bridgehead atoms. The van der Waals surface area contributed by atoms with Crippen LogP contribution in [-0.4, -0.2) is 62.9 Å². The van der Waals surface area contributed by atoms with E-state index in [0.29, 0.717) is 35.5 Å². The highest BCUT2D eigenvalue weighted by Gasteiger charge is 2.24. The standard InChI is InChI=1S/C24H24N6O2/c1-16-6-8-17(9-7-16)30-21(25)18(23(31)28-13-11-27(2)12-14-28)15-19-22(30)26-20-5-3-4-10-29(20)24(19)32/h3-10,15,25H,11-14H2,1-2H3. The van der Waals surface area contributed by atoms with Crippen molar-refractivity contribution in [1.82, 2.24) is 23.8 Å². The molecule has 0 spiro atoms. The van der Waals surface area contributed by atoms with Crippen molar-refractivity contribution in [2.24, 2.45) is 0 Å². The summed E-state index contributed by atoms with van der Waals surface area (Å²) in [5.41, 5.74) is 2.58. The number of rotatable bonds is 2. The van der Waals surface area contributed by atoms with Gasteiger partial charge in [-0.15, -0.1) is 0 Å². The van der Waals surface area contributed by atoms with Crippen molar-refractivity contribution in [3.63, 3.8) is 0 Å². The molecular formula is C24H24N6O2. The lowest BCUT2D eigenvalue weighted by molar-refractivity contribution is 0.0661. The topological polar surface area (TPSA) is 86.7 Å². The number of nitrogens with one attached hydrogen (secondary N) is 1. The molecule has 1 amide bonds. The molecule has 32 heavy (non-hydrogen) atoms. The Morgan fingerprint density at radius 2 is 1.75 bits per heavy atom. The number of pyridine rings is 2. The monoisotopic (exact) mass is 428 g/mol. The first kappa shape index (κ1) is 20.1. The van der Waals surface area contributed by atoms with E-state index in [4.69, 9.17) is 10.4 Å². The predicted octanol–water partition coefficient (Wildman–Crippen LogP) is 1.81. The number of piperazine rings is 1. The number of hydrogen-bond acceptors (Lipinski definition) is 5. The number of nitrogens with zero attached hydrogens (tertiary/aromatic N) is 5. The third-order valence-electron chi connectivity index (χ3n) is 6.04. The Balaban J connectivity index is 1.81. The number of hydrogen-bond donors (Lipinski definition) is 1. The van der Waals surface area contributed by atoms with Crippen LogP contribution in [0.4, 0.5) is 0 Å². The summed E-state index contributed by atoms with van der Waals surface area (Å²) in [6.07, 6.45) is 1.66. The molecule has 0 aliphatic carbocycles. The SMILES string of the molecule is Cc1ccc(-n2c(=N)c(C(=O)N3CCN(C)CC3)cc3c(=O)n4ccccc4nc32)cc1. The summed E-state index contributed by atoms with van der Waals surface area (Å²) in [5.74, 6) is -0.233. The van der Waals surface area contributed by atoms with Gasteiger partial charge in [0.15, 0.2) is 5.65 Å². The molecule has 0 saturated carbocycles. The van der Waals surface area contributed by atoms with E-state index in [0.717, 1.165) is 18.7 Å². The lowest BCUT2D eigenvalue weighted by Gasteiger charge is -2.32. The van der Waals surface area contributed by atoms with E-state index in [2.05, 4.69) is 4.90 Å². The zero-order chi connectivity index (χ0) is 22.4. The molecule has 1 aromatic carbocycles. The number of carbonyl (C=O) groups is 1. The van der Waals surface area contributed by atoms with Crippen molar-refractivity contribution in [2.45, 2.75) is 6.92 Å². The van der Waals surface area contributed by atoms with Crippen molar-refractivity contribution >= 4 is 22.6 Å². The Labute approximate surface area is 184 Å². The molecule has 1 N–H and O–H groups in total. The summed E-state index contributed by atoms with van der Waals surface area (Å²) in [6, 6.07) is 14.5. The zero-order valence-electron chi connectivity index (χ0n) is 18.1. The van der Waals surface area contributed by atoms with Crippen LogP contribution in [0.15, 0.2) is 59.5 Å². The maximum atomic E-state index is 13.4. The summed E-state index contributed by atoms with van der Waals surface area (Å²) in [4.78, 5) is 35.4. The van der Waals surface area contributed by atoms with Gasteiger partial charge in [0, 0.05) is 38.1 Å². The summed E-state index contributed by atoms with van der Waals surface area (Å²) < 4.78 is 3.07. The number of carbonyl (C=O) groups excluding carboxylic acids is 1. The third-order valence-corrected chi connectivity index (χ3v) is 6.04. The summed E-state index contributed by atoms with van der Waals surface area (Å²) in [5, 5.41) is 9.25. The van der Waals surface area contributed by atoms with Gasteiger partial charge in [-0.25, -0.2) is 4.98 Å². The summed E-state index contributed by atoms with van der Waals surface area (Å²) >= 11 is 0. The average Bonchev–Trinajstić information content (AvgIpc) is 2.80. The van der Waals surface area contributed by atoms with Gasteiger partial charge in [0.05, 0.1) is 10.9 Å². The van der Waals surface area contributed by atoms with Crippen LogP contribution in [-0.2, 0) is 0 Å². The Morgan fingerprint density at radius 1 is 1.03 bits per heavy atom. The van der Waals surface area contributed by atoms with Crippen LogP contribution in [0, 0.1) is 12.3 Å². The highest BCUT2D eigenvalue weighted by Crippen LogP contribution is 2.17. The van der Waals surface area contributed by atoms with Gasteiger partial charge in [0.1, 0.15) is 11.1 Å². The maximum absolute atomic E-state index is 13.4. The first-order valence-electron chi connectivity index (χ1n) is 10.6. The normalized spacial score (nSPS) is 14.9. The molecule has 1 aliphatic heterocycles. The van der Waals surface area contributed by atoms with Crippen LogP contribution in [0.25, 0.3) is 22.4 Å². The fourth-order valence-corrected chi connectivity index (χ4v) is 4.11. The van der Waals surface area contributed by atoms with Crippen LogP contribution in [0.2, 0.25) is 0 Å². The average molecular weight is 428 g/mol. The smallest absolute Gasteiger partial charge is 0.267 e. The lowest BCUT2D eigenvalue weighted by atomic mass is 10.1. The van der Waals surface area contributed by atoms with Crippen molar-refractivity contribution < 1.29 is 4.79 Å². The van der Waals surface area contributed by atoms with Crippen molar-refractivity contribution in [2.75, 3.05) is 33.2 Å². The van der Waals surface area contributed by atoms with Gasteiger partial charge >= 0.3 is 0 Å². The highest BCUT2D eigenvalue weighted by atomic mass is 16.2. The van der Waals surface area contributed by atoms with Gasteiger partial charge < -0.3 is 9.80 Å². The molecule has 162 valence electrons. The number of benzene rings is 1. The summed E-state index contributed by atoms with van der Waals surface area (Å²) in [6.45, 7) is 4.72. The maximum Gasteiger partial charge on any atom is 0.267 e. The second-order valence-corrected chi connectivity index (χ2v) is 8.26. The minimum atomic E-state index is -0.265. The third kappa shape index (κ3) is 3.29. The van der Waals surface area contributed by atoms with E-state index in [-0.39, 0.29) is 22.5 Å². The van der Waals surface area contributed by atoms with Crippen molar-refractivity contribution in [1.29, 1.82) is 5.41 Å². The van der Waals surface area contributed by atoms with Crippen LogP contribution in [0.5, 0.6) is 0 Å². The summed E-state index contributed by atoms with van der Waals surface area (Å²) in [7, 11) is 2.02. The molecule has 0 atom stereocenters. The minimum Gasteiger partial charge on any atom is -0.336 e. The molecule has 8 heteroatoms. The first-order valence-corrected chi connectivity index (χ1v) is 10.6. The number of aromatic nitrogens is 3. The van der Waals surface area contributed by atoms with Crippen LogP contribution in [0.1, 0.15) is 15.9 Å². The number of amides is 1. The van der Waals surface area contributed by atoms with Crippen LogP contribution < -0.4 is 11.0 Å². The second-order valence-electron chi connectivity index (χ2n) is 8.26. The van der Waals surface area contributed by atoms with Gasteiger partial charge in [0.25, 0.3) is 11.5 Å². The largest absolute Gasteiger partial charge is 0.336 e. The van der Waals surface area contributed by atoms with E-state index < -0.39 is 0 Å². The van der Waals surface area contributed by atoms with Crippen molar-refractivity contribution in [3.05, 3.63) is 81.7 Å². The van der Waals surface area contributed by atoms with Crippen molar-refractivity contribution in [3.8, 4) is 5.69 Å². The Hall–Kier alpha value is -3.78. The van der Waals surface area contributed by atoms with E-state index >= 15 is 0 Å². The van der Waals surface area contributed by atoms with Gasteiger partial charge in [0.2, 0.25) is 0 Å². The fraction of sp³-hybridized carbons (Fsp3) is 0.250. The van der Waals surface area contributed by atoms with Gasteiger partial charge in [-0.05, 0) is 44.3 Å². The van der Waals surface area contributed by atoms with Gasteiger partial charge in [-0.3, -0.25) is 24.0 Å². The Bertz CT molecular complexity index is 1460. The number of fused-ring (bicyclic) bond motifs is 2. The second kappa shape index (κ2) is 7.72. The van der Waals surface area contributed by atoms with E-state index in [1.165, 1.54) is 10.5 Å². The van der Waals surface area contributed by atoms with Gasteiger partial charge in [-0.1, -0.05) is 23.8 Å². The fourth-order valence-electron chi connectivity index (χ4n) is 4.11. The Kier molecular flexibility index (Phi) is 4.86. The number of aryl methyl sites for hydroxylation is 1. The molecule has 4 aromatic rings. The molecule has 0 radical (unpaired) electrons. The molecule has 4 heterocycles. The molecule has 1 aliphatic rings. The lowest BCUT2D eigenvalue weighted by Crippen LogP contribution is -2.48. The first-order chi connectivity index (χ1) is 15.4. The zero-order valence-corrected chi connectivity index (χ0v) is 18.1. The number of likely N-dealkylation sites (N-methyl/N-ethyl adjacent to an activating group) is 1. The molecule has 8 nitrogen and oxygen atoms in total. The molecule has 1 fully saturated rings. The predicted molar refractivity (Wildman–Crippen MR) is 122 cm³/mol. The Morgan fingerprint density at radius 3 is 2.47 bits per heavy atom. The molecule has 5 rings (SSSR count). The van der Waals surface area contributed by atoms with E-state index in [9.17, 15) is 9.59 Å². The quantitative estimate of drug-likeness (QED) is 0.494. The van der Waals surface area contributed by atoms with E-state index in [1.807, 2.05) is 44.3 Å². The highest BCUT2D eigenvalue weighted by molar-refractivity contribution is 5.97. The molecular weight excluding hydrogens is 404 g/mol. The molecule has 0 unspecified atom stereocenters. The molecule has 3 aromatic heterocycles. The molecule has 1 saturated heterocycles.